The molecule has 0 aliphatic rings. The SMILES string of the molecule is CN(C)c1cc(NCc2ccncc2)ncn1. The zero-order chi connectivity index (χ0) is 12.1. The molecule has 17 heavy (non-hydrogen) atoms. The molecule has 0 aliphatic heterocycles. The number of nitrogens with zero attached hydrogens (tertiary/aromatic N) is 4. The van der Waals surface area contributed by atoms with E-state index in [0.29, 0.717) is 0 Å². The topological polar surface area (TPSA) is 53.9 Å². The van der Waals surface area contributed by atoms with Crippen LogP contribution in [-0.4, -0.2) is 29.0 Å². The summed E-state index contributed by atoms with van der Waals surface area (Å²) in [6.45, 7) is 0.729. The molecule has 0 radical (unpaired) electrons. The van der Waals surface area contributed by atoms with E-state index in [1.807, 2.05) is 37.2 Å². The Balaban J connectivity index is 2.02. The Kier molecular flexibility index (Phi) is 3.49. The molecule has 5 heteroatoms. The van der Waals surface area contributed by atoms with Gasteiger partial charge in [-0.2, -0.15) is 0 Å². The summed E-state index contributed by atoms with van der Waals surface area (Å²) in [6, 6.07) is 5.86. The fourth-order valence-electron chi connectivity index (χ4n) is 1.38. The predicted octanol–water partition coefficient (Wildman–Crippen LogP) is 1.55. The highest BCUT2D eigenvalue weighted by atomic mass is 15.2. The van der Waals surface area contributed by atoms with Crippen LogP contribution in [0.5, 0.6) is 0 Å². The molecule has 0 saturated heterocycles. The van der Waals surface area contributed by atoms with Gasteiger partial charge in [-0.25, -0.2) is 9.97 Å². The molecule has 0 atom stereocenters. The Labute approximate surface area is 101 Å². The Morgan fingerprint density at radius 2 is 1.94 bits per heavy atom. The molecule has 2 aromatic rings. The smallest absolute Gasteiger partial charge is 0.133 e. The highest BCUT2D eigenvalue weighted by Crippen LogP contribution is 2.11. The largest absolute Gasteiger partial charge is 0.366 e. The number of nitrogens with one attached hydrogen (secondary N) is 1. The third kappa shape index (κ3) is 3.14. The lowest BCUT2D eigenvalue weighted by Crippen LogP contribution is -2.11. The maximum absolute atomic E-state index is 4.17. The van der Waals surface area contributed by atoms with Gasteiger partial charge in [-0.15, -0.1) is 0 Å². The molecule has 2 heterocycles. The van der Waals surface area contributed by atoms with E-state index in [0.717, 1.165) is 18.2 Å². The van der Waals surface area contributed by atoms with Gasteiger partial charge in [-0.3, -0.25) is 4.98 Å². The van der Waals surface area contributed by atoms with Gasteiger partial charge in [-0.1, -0.05) is 0 Å². The molecule has 0 fully saturated rings. The lowest BCUT2D eigenvalue weighted by molar-refractivity contribution is 1.02. The molecule has 0 saturated carbocycles. The maximum atomic E-state index is 4.17. The summed E-state index contributed by atoms with van der Waals surface area (Å²) in [5.74, 6) is 1.71. The van der Waals surface area contributed by atoms with Gasteiger partial charge in [0.05, 0.1) is 0 Å². The highest BCUT2D eigenvalue weighted by Gasteiger charge is 2.00. The molecular weight excluding hydrogens is 214 g/mol. The maximum Gasteiger partial charge on any atom is 0.133 e. The van der Waals surface area contributed by atoms with Crippen molar-refractivity contribution in [2.24, 2.45) is 0 Å². The minimum absolute atomic E-state index is 0.729. The van der Waals surface area contributed by atoms with Crippen molar-refractivity contribution >= 4 is 11.6 Å². The zero-order valence-electron chi connectivity index (χ0n) is 9.96. The molecule has 2 aromatic heterocycles. The predicted molar refractivity (Wildman–Crippen MR) is 67.9 cm³/mol. The van der Waals surface area contributed by atoms with Gasteiger partial charge in [0, 0.05) is 39.1 Å². The van der Waals surface area contributed by atoms with Crippen molar-refractivity contribution in [2.75, 3.05) is 24.3 Å². The second-order valence-corrected chi connectivity index (χ2v) is 3.86. The van der Waals surface area contributed by atoms with Crippen LogP contribution in [0.3, 0.4) is 0 Å². The lowest BCUT2D eigenvalue weighted by atomic mass is 10.3. The first kappa shape index (κ1) is 11.3. The van der Waals surface area contributed by atoms with E-state index >= 15 is 0 Å². The molecule has 88 valence electrons. The minimum atomic E-state index is 0.729. The molecule has 0 amide bonds. The number of pyridine rings is 1. The van der Waals surface area contributed by atoms with Crippen LogP contribution in [0.1, 0.15) is 5.56 Å². The fraction of sp³-hybridized carbons (Fsp3) is 0.250. The van der Waals surface area contributed by atoms with Crippen molar-refractivity contribution < 1.29 is 0 Å². The molecule has 5 nitrogen and oxygen atoms in total. The summed E-state index contributed by atoms with van der Waals surface area (Å²) >= 11 is 0. The standard InChI is InChI=1S/C12H15N5/c1-17(2)12-7-11(15-9-16-12)14-8-10-3-5-13-6-4-10/h3-7,9H,8H2,1-2H3,(H,14,15,16). The van der Waals surface area contributed by atoms with Gasteiger partial charge in [0.25, 0.3) is 0 Å². The van der Waals surface area contributed by atoms with Crippen LogP contribution in [0.4, 0.5) is 11.6 Å². The molecule has 2 rings (SSSR count). The van der Waals surface area contributed by atoms with Gasteiger partial charge < -0.3 is 10.2 Å². The van der Waals surface area contributed by atoms with E-state index in [9.17, 15) is 0 Å². The third-order valence-corrected chi connectivity index (χ3v) is 2.33. The van der Waals surface area contributed by atoms with Gasteiger partial charge in [0.1, 0.15) is 18.0 Å². The quantitative estimate of drug-likeness (QED) is 0.862. The van der Waals surface area contributed by atoms with Crippen LogP contribution >= 0.6 is 0 Å². The van der Waals surface area contributed by atoms with E-state index in [-0.39, 0.29) is 0 Å². The van der Waals surface area contributed by atoms with Crippen LogP contribution in [0, 0.1) is 0 Å². The Hall–Kier alpha value is -2.17. The van der Waals surface area contributed by atoms with Crippen LogP contribution < -0.4 is 10.2 Å². The van der Waals surface area contributed by atoms with E-state index in [4.69, 9.17) is 0 Å². The van der Waals surface area contributed by atoms with Crippen molar-refractivity contribution in [2.45, 2.75) is 6.54 Å². The lowest BCUT2D eigenvalue weighted by Gasteiger charge is -2.12. The number of anilines is 2. The second kappa shape index (κ2) is 5.25. The first-order chi connectivity index (χ1) is 8.25. The molecular formula is C12H15N5. The summed E-state index contributed by atoms with van der Waals surface area (Å²) in [5, 5.41) is 3.25. The summed E-state index contributed by atoms with van der Waals surface area (Å²) in [5.41, 5.74) is 1.17. The second-order valence-electron chi connectivity index (χ2n) is 3.86. The number of hydrogen-bond donors (Lipinski definition) is 1. The average molecular weight is 229 g/mol. The normalized spacial score (nSPS) is 10.0. The summed E-state index contributed by atoms with van der Waals surface area (Å²) in [4.78, 5) is 14.3. The molecule has 0 spiro atoms. The molecule has 1 N–H and O–H groups in total. The van der Waals surface area contributed by atoms with Crippen molar-refractivity contribution in [3.63, 3.8) is 0 Å². The summed E-state index contributed by atoms with van der Waals surface area (Å²) in [6.07, 6.45) is 5.12. The van der Waals surface area contributed by atoms with E-state index in [1.54, 1.807) is 18.7 Å². The first-order valence-corrected chi connectivity index (χ1v) is 5.38. The van der Waals surface area contributed by atoms with E-state index in [2.05, 4.69) is 20.3 Å². The zero-order valence-corrected chi connectivity index (χ0v) is 9.96. The Morgan fingerprint density at radius 3 is 2.65 bits per heavy atom. The van der Waals surface area contributed by atoms with Crippen molar-refractivity contribution in [1.82, 2.24) is 15.0 Å². The van der Waals surface area contributed by atoms with Crippen LogP contribution in [-0.2, 0) is 6.54 Å². The molecule has 0 unspecified atom stereocenters. The minimum Gasteiger partial charge on any atom is -0.366 e. The molecule has 0 aromatic carbocycles. The van der Waals surface area contributed by atoms with Crippen molar-refractivity contribution in [3.05, 3.63) is 42.5 Å². The number of rotatable bonds is 4. The van der Waals surface area contributed by atoms with Gasteiger partial charge in [0.2, 0.25) is 0 Å². The molecule has 0 bridgehead atoms. The Bertz CT molecular complexity index is 469. The van der Waals surface area contributed by atoms with E-state index < -0.39 is 0 Å². The first-order valence-electron chi connectivity index (χ1n) is 5.38. The number of aromatic nitrogens is 3. The number of hydrogen-bond acceptors (Lipinski definition) is 5. The highest BCUT2D eigenvalue weighted by molar-refractivity contribution is 5.47. The fourth-order valence-corrected chi connectivity index (χ4v) is 1.38. The van der Waals surface area contributed by atoms with Crippen molar-refractivity contribution in [3.8, 4) is 0 Å². The van der Waals surface area contributed by atoms with Crippen LogP contribution in [0.15, 0.2) is 36.9 Å². The third-order valence-electron chi connectivity index (χ3n) is 2.33. The molecule has 0 aliphatic carbocycles. The average Bonchev–Trinajstić information content (AvgIpc) is 2.38. The van der Waals surface area contributed by atoms with Gasteiger partial charge in [0.15, 0.2) is 0 Å². The van der Waals surface area contributed by atoms with Crippen LogP contribution in [0.2, 0.25) is 0 Å². The summed E-state index contributed by atoms with van der Waals surface area (Å²) < 4.78 is 0. The summed E-state index contributed by atoms with van der Waals surface area (Å²) in [7, 11) is 3.91. The van der Waals surface area contributed by atoms with Gasteiger partial charge >= 0.3 is 0 Å². The monoisotopic (exact) mass is 229 g/mol. The van der Waals surface area contributed by atoms with Crippen LogP contribution in [0.25, 0.3) is 0 Å². The van der Waals surface area contributed by atoms with E-state index in [1.165, 1.54) is 5.56 Å². The Morgan fingerprint density at radius 1 is 1.18 bits per heavy atom. The van der Waals surface area contributed by atoms with Crippen molar-refractivity contribution in [1.29, 1.82) is 0 Å². The van der Waals surface area contributed by atoms with Gasteiger partial charge in [-0.05, 0) is 17.7 Å².